The molecular formula is C14H31NO2. The lowest BCUT2D eigenvalue weighted by molar-refractivity contribution is 0.258. The normalized spacial score (nSPS) is 11.3. The van der Waals surface area contributed by atoms with Crippen molar-refractivity contribution in [3.63, 3.8) is 0 Å². The van der Waals surface area contributed by atoms with Crippen LogP contribution in [0.3, 0.4) is 0 Å². The molecule has 0 bridgehead atoms. The summed E-state index contributed by atoms with van der Waals surface area (Å²) in [6, 6.07) is 0. The first kappa shape index (κ1) is 16.9. The molecule has 0 aliphatic rings. The van der Waals surface area contributed by atoms with Crippen molar-refractivity contribution in [3.05, 3.63) is 0 Å². The van der Waals surface area contributed by atoms with Crippen molar-refractivity contribution in [1.29, 1.82) is 0 Å². The lowest BCUT2D eigenvalue weighted by atomic mass is 10.1. The maximum atomic E-state index is 8.68. The molecule has 0 aromatic rings. The van der Waals surface area contributed by atoms with Crippen LogP contribution in [-0.2, 0) is 0 Å². The molecule has 0 aliphatic carbocycles. The van der Waals surface area contributed by atoms with E-state index in [1.54, 1.807) is 0 Å². The minimum absolute atomic E-state index is 0.336. The predicted octanol–water partition coefficient (Wildman–Crippen LogP) is 2.41. The third kappa shape index (κ3) is 12.1. The van der Waals surface area contributed by atoms with Crippen molar-refractivity contribution in [1.82, 2.24) is 4.90 Å². The van der Waals surface area contributed by atoms with Crippen LogP contribution in [-0.4, -0.2) is 48.0 Å². The lowest BCUT2D eigenvalue weighted by Gasteiger charge is -2.20. The Hall–Kier alpha value is -0.120. The first-order chi connectivity index (χ1) is 8.35. The van der Waals surface area contributed by atoms with Crippen LogP contribution in [0.25, 0.3) is 0 Å². The molecule has 17 heavy (non-hydrogen) atoms. The summed E-state index contributed by atoms with van der Waals surface area (Å²) >= 11 is 0. The Morgan fingerprint density at radius 3 is 1.41 bits per heavy atom. The highest BCUT2D eigenvalue weighted by atomic mass is 16.3. The second kappa shape index (κ2) is 13.9. The number of rotatable bonds is 13. The second-order valence-electron chi connectivity index (χ2n) is 4.71. The van der Waals surface area contributed by atoms with Crippen LogP contribution in [0.5, 0.6) is 0 Å². The molecule has 0 radical (unpaired) electrons. The maximum Gasteiger partial charge on any atom is 0.0431 e. The van der Waals surface area contributed by atoms with Crippen LogP contribution in [0.4, 0.5) is 0 Å². The van der Waals surface area contributed by atoms with Crippen LogP contribution in [0.2, 0.25) is 0 Å². The summed E-state index contributed by atoms with van der Waals surface area (Å²) < 4.78 is 0. The van der Waals surface area contributed by atoms with E-state index >= 15 is 0 Å². The highest BCUT2D eigenvalue weighted by Crippen LogP contribution is 2.05. The van der Waals surface area contributed by atoms with Gasteiger partial charge in [0.15, 0.2) is 0 Å². The summed E-state index contributed by atoms with van der Waals surface area (Å²) in [7, 11) is 0. The van der Waals surface area contributed by atoms with Crippen LogP contribution in [0, 0.1) is 0 Å². The zero-order chi connectivity index (χ0) is 12.8. The highest BCUT2D eigenvalue weighted by Gasteiger charge is 2.01. The Kier molecular flexibility index (Phi) is 13.8. The van der Waals surface area contributed by atoms with Crippen molar-refractivity contribution >= 4 is 0 Å². The quantitative estimate of drug-likeness (QED) is 0.490. The van der Waals surface area contributed by atoms with Crippen molar-refractivity contribution in [2.45, 2.75) is 58.3 Å². The average Bonchev–Trinajstić information content (AvgIpc) is 2.36. The monoisotopic (exact) mass is 245 g/mol. The molecule has 3 nitrogen and oxygen atoms in total. The molecule has 0 heterocycles. The average molecular weight is 245 g/mol. The third-order valence-electron chi connectivity index (χ3n) is 3.21. The molecule has 0 unspecified atom stereocenters. The van der Waals surface area contributed by atoms with Crippen LogP contribution < -0.4 is 0 Å². The van der Waals surface area contributed by atoms with Gasteiger partial charge < -0.3 is 15.1 Å². The predicted molar refractivity (Wildman–Crippen MR) is 73.2 cm³/mol. The van der Waals surface area contributed by atoms with Crippen LogP contribution >= 0.6 is 0 Å². The van der Waals surface area contributed by atoms with Crippen LogP contribution in [0.15, 0.2) is 0 Å². The zero-order valence-corrected chi connectivity index (χ0v) is 11.5. The topological polar surface area (TPSA) is 43.7 Å². The van der Waals surface area contributed by atoms with E-state index in [1.165, 1.54) is 38.8 Å². The summed E-state index contributed by atoms with van der Waals surface area (Å²) in [5.41, 5.74) is 0. The van der Waals surface area contributed by atoms with Crippen molar-refractivity contribution in [3.8, 4) is 0 Å². The second-order valence-corrected chi connectivity index (χ2v) is 4.71. The van der Waals surface area contributed by atoms with Gasteiger partial charge >= 0.3 is 0 Å². The lowest BCUT2D eigenvalue weighted by Crippen LogP contribution is -2.25. The van der Waals surface area contributed by atoms with E-state index in [1.807, 2.05) is 0 Å². The summed E-state index contributed by atoms with van der Waals surface area (Å²) in [5.74, 6) is 0. The smallest absolute Gasteiger partial charge is 0.0431 e. The van der Waals surface area contributed by atoms with Crippen molar-refractivity contribution in [2.24, 2.45) is 0 Å². The largest absolute Gasteiger partial charge is 0.396 e. The Morgan fingerprint density at radius 2 is 1.06 bits per heavy atom. The van der Waals surface area contributed by atoms with E-state index in [4.69, 9.17) is 10.2 Å². The molecule has 104 valence electrons. The van der Waals surface area contributed by atoms with E-state index < -0.39 is 0 Å². The zero-order valence-electron chi connectivity index (χ0n) is 11.5. The molecule has 0 saturated carbocycles. The molecule has 0 rings (SSSR count). The van der Waals surface area contributed by atoms with Gasteiger partial charge in [-0.1, -0.05) is 32.6 Å². The van der Waals surface area contributed by atoms with E-state index in [2.05, 4.69) is 11.8 Å². The van der Waals surface area contributed by atoms with Gasteiger partial charge in [-0.3, -0.25) is 0 Å². The Labute approximate surface area is 107 Å². The van der Waals surface area contributed by atoms with Gasteiger partial charge in [0.2, 0.25) is 0 Å². The van der Waals surface area contributed by atoms with Crippen molar-refractivity contribution in [2.75, 3.05) is 32.8 Å². The molecule has 0 fully saturated rings. The fraction of sp³-hybridized carbons (Fsp3) is 1.00. The van der Waals surface area contributed by atoms with E-state index in [0.717, 1.165) is 32.2 Å². The molecule has 0 amide bonds. The Morgan fingerprint density at radius 1 is 0.647 bits per heavy atom. The molecule has 0 spiro atoms. The summed E-state index contributed by atoms with van der Waals surface area (Å²) in [5, 5.41) is 17.4. The van der Waals surface area contributed by atoms with Crippen molar-refractivity contribution < 1.29 is 10.2 Å². The van der Waals surface area contributed by atoms with E-state index in [-0.39, 0.29) is 0 Å². The van der Waals surface area contributed by atoms with Gasteiger partial charge in [-0.2, -0.15) is 0 Å². The molecule has 0 saturated heterocycles. The standard InChI is InChI=1S/C14H31NO2/c1-2-15(11-7-3-5-9-13-16)12-8-4-6-10-14-17/h16-17H,2-14H2,1H3. The molecule has 3 heteroatoms. The first-order valence-electron chi connectivity index (χ1n) is 7.29. The number of nitrogens with zero attached hydrogens (tertiary/aromatic N) is 1. The van der Waals surface area contributed by atoms with Gasteiger partial charge in [-0.25, -0.2) is 0 Å². The minimum Gasteiger partial charge on any atom is -0.396 e. The van der Waals surface area contributed by atoms with Gasteiger partial charge in [-0.05, 0) is 45.3 Å². The third-order valence-corrected chi connectivity index (χ3v) is 3.21. The fourth-order valence-corrected chi connectivity index (χ4v) is 2.03. The molecular weight excluding hydrogens is 214 g/mol. The van der Waals surface area contributed by atoms with Gasteiger partial charge in [0.25, 0.3) is 0 Å². The number of hydrogen-bond donors (Lipinski definition) is 2. The molecule has 0 atom stereocenters. The maximum absolute atomic E-state index is 8.68. The minimum atomic E-state index is 0.336. The van der Waals surface area contributed by atoms with E-state index in [9.17, 15) is 0 Å². The number of aliphatic hydroxyl groups excluding tert-OH is 2. The van der Waals surface area contributed by atoms with Gasteiger partial charge in [0.1, 0.15) is 0 Å². The van der Waals surface area contributed by atoms with Gasteiger partial charge in [0, 0.05) is 13.2 Å². The highest BCUT2D eigenvalue weighted by molar-refractivity contribution is 4.56. The van der Waals surface area contributed by atoms with E-state index in [0.29, 0.717) is 13.2 Å². The summed E-state index contributed by atoms with van der Waals surface area (Å²) in [6.45, 7) is 6.43. The Balaban J connectivity index is 3.30. The van der Waals surface area contributed by atoms with Gasteiger partial charge in [0.05, 0.1) is 0 Å². The number of aliphatic hydroxyl groups is 2. The SMILES string of the molecule is CCN(CCCCCCO)CCCCCCO. The molecule has 2 N–H and O–H groups in total. The number of hydrogen-bond acceptors (Lipinski definition) is 3. The summed E-state index contributed by atoms with van der Waals surface area (Å²) in [6.07, 6.45) is 9.20. The fourth-order valence-electron chi connectivity index (χ4n) is 2.03. The summed E-state index contributed by atoms with van der Waals surface area (Å²) in [4.78, 5) is 2.51. The number of unbranched alkanes of at least 4 members (excludes halogenated alkanes) is 6. The molecule has 0 aromatic heterocycles. The molecule has 0 aromatic carbocycles. The Bertz CT molecular complexity index is 128. The first-order valence-corrected chi connectivity index (χ1v) is 7.29. The molecule has 0 aliphatic heterocycles. The van der Waals surface area contributed by atoms with Crippen LogP contribution in [0.1, 0.15) is 58.3 Å². The van der Waals surface area contributed by atoms with Gasteiger partial charge in [-0.15, -0.1) is 0 Å².